The molecule has 1 N–H and O–H groups in total. The quantitative estimate of drug-likeness (QED) is 0.816. The van der Waals surface area contributed by atoms with Gasteiger partial charge in [0.25, 0.3) is 5.91 Å². The molecule has 0 spiro atoms. The van der Waals surface area contributed by atoms with Crippen molar-refractivity contribution in [3.8, 4) is 0 Å². The van der Waals surface area contributed by atoms with Crippen LogP contribution in [0.1, 0.15) is 41.8 Å². The molecular formula is C19H26N4O3. The Morgan fingerprint density at radius 1 is 1.31 bits per heavy atom. The molecule has 7 nitrogen and oxygen atoms in total. The van der Waals surface area contributed by atoms with Crippen molar-refractivity contribution in [1.29, 1.82) is 0 Å². The van der Waals surface area contributed by atoms with Gasteiger partial charge in [-0.05, 0) is 18.1 Å². The van der Waals surface area contributed by atoms with E-state index in [2.05, 4.69) is 34.2 Å². The Balaban J connectivity index is 1.65. The minimum Gasteiger partial charge on any atom is -0.379 e. The van der Waals surface area contributed by atoms with E-state index < -0.39 is 0 Å². The Labute approximate surface area is 153 Å². The van der Waals surface area contributed by atoms with Crippen LogP contribution >= 0.6 is 0 Å². The topological polar surface area (TPSA) is 80.5 Å². The second-order valence-electron chi connectivity index (χ2n) is 6.91. The number of rotatable bonds is 7. The average molecular weight is 358 g/mol. The molecule has 140 valence electrons. The molecule has 1 saturated heterocycles. The van der Waals surface area contributed by atoms with Crippen LogP contribution in [0.25, 0.3) is 0 Å². The second kappa shape index (κ2) is 8.91. The first kappa shape index (κ1) is 18.5. The van der Waals surface area contributed by atoms with Gasteiger partial charge in [0.05, 0.1) is 24.9 Å². The molecule has 0 unspecified atom stereocenters. The third-order valence-corrected chi connectivity index (χ3v) is 4.37. The SMILES string of the molecule is CC(C)Cc1cc(C(=O)NC[C@@H](c2ccccn2)N2CCOCC2)no1. The van der Waals surface area contributed by atoms with Crippen molar-refractivity contribution in [2.75, 3.05) is 32.8 Å². The molecule has 1 atom stereocenters. The molecule has 1 aliphatic heterocycles. The van der Waals surface area contributed by atoms with Crippen molar-refractivity contribution in [3.05, 3.63) is 47.6 Å². The summed E-state index contributed by atoms with van der Waals surface area (Å²) in [6.45, 7) is 7.68. The number of pyridine rings is 1. The van der Waals surface area contributed by atoms with Crippen LogP contribution in [0.3, 0.4) is 0 Å². The van der Waals surface area contributed by atoms with Crippen molar-refractivity contribution in [3.63, 3.8) is 0 Å². The molecule has 3 rings (SSSR count). The van der Waals surface area contributed by atoms with Crippen molar-refractivity contribution in [1.82, 2.24) is 20.4 Å². The summed E-state index contributed by atoms with van der Waals surface area (Å²) in [6, 6.07) is 7.58. The zero-order valence-electron chi connectivity index (χ0n) is 15.4. The number of carbonyl (C=O) groups is 1. The molecule has 0 aromatic carbocycles. The molecule has 0 radical (unpaired) electrons. The van der Waals surface area contributed by atoms with E-state index in [0.29, 0.717) is 31.4 Å². The summed E-state index contributed by atoms with van der Waals surface area (Å²) in [4.78, 5) is 19.2. The lowest BCUT2D eigenvalue weighted by molar-refractivity contribution is 0.0153. The first-order chi connectivity index (χ1) is 12.6. The molecule has 0 aliphatic carbocycles. The lowest BCUT2D eigenvalue weighted by Gasteiger charge is -2.34. The van der Waals surface area contributed by atoms with Gasteiger partial charge >= 0.3 is 0 Å². The standard InChI is InChI=1S/C19H26N4O3/c1-14(2)11-15-12-17(22-26-15)19(24)21-13-18(16-5-3-4-6-20-16)23-7-9-25-10-8-23/h3-6,12,14,18H,7-11,13H2,1-2H3,(H,21,24)/t18-/m0/s1. The molecular weight excluding hydrogens is 332 g/mol. The van der Waals surface area contributed by atoms with Gasteiger partial charge in [-0.15, -0.1) is 0 Å². The first-order valence-electron chi connectivity index (χ1n) is 9.10. The van der Waals surface area contributed by atoms with E-state index >= 15 is 0 Å². The van der Waals surface area contributed by atoms with Gasteiger partial charge in [-0.1, -0.05) is 25.1 Å². The zero-order valence-corrected chi connectivity index (χ0v) is 15.4. The highest BCUT2D eigenvalue weighted by atomic mass is 16.5. The van der Waals surface area contributed by atoms with Gasteiger partial charge in [0.2, 0.25) is 0 Å². The minimum absolute atomic E-state index is 0.00563. The van der Waals surface area contributed by atoms with Gasteiger partial charge in [-0.3, -0.25) is 14.7 Å². The Kier molecular flexibility index (Phi) is 6.35. The first-order valence-corrected chi connectivity index (χ1v) is 9.10. The fourth-order valence-corrected chi connectivity index (χ4v) is 3.08. The van der Waals surface area contributed by atoms with E-state index in [-0.39, 0.29) is 11.9 Å². The minimum atomic E-state index is -0.224. The average Bonchev–Trinajstić information content (AvgIpc) is 3.11. The third kappa shape index (κ3) is 4.89. The molecule has 2 aromatic heterocycles. The molecule has 7 heteroatoms. The van der Waals surface area contributed by atoms with Gasteiger partial charge < -0.3 is 14.6 Å². The van der Waals surface area contributed by atoms with Crippen LogP contribution in [-0.4, -0.2) is 53.8 Å². The summed E-state index contributed by atoms with van der Waals surface area (Å²) in [5.74, 6) is 0.964. The maximum absolute atomic E-state index is 12.5. The summed E-state index contributed by atoms with van der Waals surface area (Å²) in [5, 5.41) is 6.87. The maximum Gasteiger partial charge on any atom is 0.273 e. The monoisotopic (exact) mass is 358 g/mol. The molecule has 3 heterocycles. The predicted octanol–water partition coefficient (Wildman–Crippen LogP) is 2.07. The lowest BCUT2D eigenvalue weighted by Crippen LogP contribution is -2.44. The summed E-state index contributed by atoms with van der Waals surface area (Å²) in [7, 11) is 0. The van der Waals surface area contributed by atoms with E-state index in [0.717, 1.165) is 31.0 Å². The zero-order chi connectivity index (χ0) is 18.4. The molecule has 2 aromatic rings. The predicted molar refractivity (Wildman–Crippen MR) is 96.7 cm³/mol. The fraction of sp³-hybridized carbons (Fsp3) is 0.526. The van der Waals surface area contributed by atoms with Gasteiger partial charge in [-0.25, -0.2) is 0 Å². The highest BCUT2D eigenvalue weighted by molar-refractivity contribution is 5.92. The third-order valence-electron chi connectivity index (χ3n) is 4.37. The number of carbonyl (C=O) groups excluding carboxylic acids is 1. The number of nitrogens with one attached hydrogen (secondary N) is 1. The van der Waals surface area contributed by atoms with E-state index in [1.165, 1.54) is 0 Å². The van der Waals surface area contributed by atoms with Crippen molar-refractivity contribution >= 4 is 5.91 Å². The lowest BCUT2D eigenvalue weighted by atomic mass is 10.1. The van der Waals surface area contributed by atoms with Gasteiger partial charge in [0.15, 0.2) is 5.69 Å². The smallest absolute Gasteiger partial charge is 0.273 e. The molecule has 1 fully saturated rings. The molecule has 26 heavy (non-hydrogen) atoms. The highest BCUT2D eigenvalue weighted by Gasteiger charge is 2.25. The number of hydrogen-bond donors (Lipinski definition) is 1. The van der Waals surface area contributed by atoms with Crippen molar-refractivity contribution in [2.24, 2.45) is 5.92 Å². The number of nitrogens with zero attached hydrogens (tertiary/aromatic N) is 3. The number of amides is 1. The largest absolute Gasteiger partial charge is 0.379 e. The normalized spacial score (nSPS) is 16.6. The van der Waals surface area contributed by atoms with Crippen LogP contribution < -0.4 is 5.32 Å². The number of aromatic nitrogens is 2. The summed E-state index contributed by atoms with van der Waals surface area (Å²) >= 11 is 0. The molecule has 0 saturated carbocycles. The highest BCUT2D eigenvalue weighted by Crippen LogP contribution is 2.19. The Bertz CT molecular complexity index is 696. The summed E-state index contributed by atoms with van der Waals surface area (Å²) in [6.07, 6.45) is 2.55. The summed E-state index contributed by atoms with van der Waals surface area (Å²) in [5.41, 5.74) is 1.26. The van der Waals surface area contributed by atoms with E-state index in [9.17, 15) is 4.79 Å². The van der Waals surface area contributed by atoms with Gasteiger partial charge in [0.1, 0.15) is 5.76 Å². The second-order valence-corrected chi connectivity index (χ2v) is 6.91. The van der Waals surface area contributed by atoms with Gasteiger partial charge in [-0.2, -0.15) is 0 Å². The molecule has 1 aliphatic rings. The summed E-state index contributed by atoms with van der Waals surface area (Å²) < 4.78 is 10.7. The number of hydrogen-bond acceptors (Lipinski definition) is 6. The number of ether oxygens (including phenoxy) is 1. The van der Waals surface area contributed by atoms with Crippen LogP contribution in [0.5, 0.6) is 0 Å². The van der Waals surface area contributed by atoms with Crippen molar-refractivity contribution in [2.45, 2.75) is 26.3 Å². The molecule has 1 amide bonds. The Morgan fingerprint density at radius 2 is 2.12 bits per heavy atom. The van der Waals surface area contributed by atoms with Gasteiger partial charge in [0, 0.05) is 38.3 Å². The van der Waals surface area contributed by atoms with E-state index in [1.54, 1.807) is 12.3 Å². The van der Waals surface area contributed by atoms with Crippen LogP contribution in [0, 0.1) is 5.92 Å². The van der Waals surface area contributed by atoms with Crippen LogP contribution in [0.4, 0.5) is 0 Å². The Morgan fingerprint density at radius 3 is 2.81 bits per heavy atom. The van der Waals surface area contributed by atoms with Crippen LogP contribution in [-0.2, 0) is 11.2 Å². The molecule has 0 bridgehead atoms. The van der Waals surface area contributed by atoms with Crippen LogP contribution in [0.2, 0.25) is 0 Å². The van der Waals surface area contributed by atoms with E-state index in [4.69, 9.17) is 9.26 Å². The van der Waals surface area contributed by atoms with Crippen LogP contribution in [0.15, 0.2) is 35.0 Å². The number of morpholine rings is 1. The van der Waals surface area contributed by atoms with E-state index in [1.807, 2.05) is 18.2 Å². The fourth-order valence-electron chi connectivity index (χ4n) is 3.08. The maximum atomic E-state index is 12.5. The Hall–Kier alpha value is -2.25. The van der Waals surface area contributed by atoms with Crippen molar-refractivity contribution < 1.29 is 14.1 Å².